The smallest absolute Gasteiger partial charge is 0.252 e. The van der Waals surface area contributed by atoms with Crippen LogP contribution < -0.4 is 28.4 Å². The molecule has 4 aliphatic heterocycles. The lowest BCUT2D eigenvalue weighted by Crippen LogP contribution is -2.13. The average Bonchev–Trinajstić information content (AvgIpc) is 4.01. The first-order chi connectivity index (χ1) is 26.5. The van der Waals surface area contributed by atoms with Crippen molar-refractivity contribution in [2.75, 3.05) is 41.7 Å². The minimum absolute atomic E-state index is 0.0661. The van der Waals surface area contributed by atoms with Crippen molar-refractivity contribution in [3.8, 4) is 34.5 Å². The van der Waals surface area contributed by atoms with Gasteiger partial charge in [0.2, 0.25) is 11.8 Å². The van der Waals surface area contributed by atoms with Gasteiger partial charge in [0.1, 0.15) is 22.2 Å². The van der Waals surface area contributed by atoms with Crippen LogP contribution in [-0.4, -0.2) is 63.5 Å². The minimum Gasteiger partial charge on any atom is -0.493 e. The van der Waals surface area contributed by atoms with Gasteiger partial charge in [0.15, 0.2) is 36.2 Å². The van der Waals surface area contributed by atoms with Crippen LogP contribution in [-0.2, 0) is 22.3 Å². The number of nitrogens with zero attached hydrogens (tertiary/aromatic N) is 4. The molecule has 0 saturated heterocycles. The molecule has 0 fully saturated rings. The molecule has 0 N–H and O–H groups in total. The zero-order valence-corrected chi connectivity index (χ0v) is 31.7. The Kier molecular flexibility index (Phi) is 10.4. The number of benzene rings is 4. The molecule has 8 rings (SSSR count). The number of aryl methyl sites for hydroxylation is 2. The van der Waals surface area contributed by atoms with E-state index in [0.29, 0.717) is 46.6 Å². The van der Waals surface area contributed by atoms with Crippen LogP contribution >= 0.6 is 23.5 Å². The predicted molar refractivity (Wildman–Crippen MR) is 208 cm³/mol. The van der Waals surface area contributed by atoms with Crippen molar-refractivity contribution in [3.63, 3.8) is 0 Å². The summed E-state index contributed by atoms with van der Waals surface area (Å²) in [6, 6.07) is 28.0. The molecule has 2 unspecified atom stereocenters. The fourth-order valence-electron chi connectivity index (χ4n) is 6.22. The first-order valence-electron chi connectivity index (χ1n) is 17.2. The Bertz CT molecular complexity index is 1970. The summed E-state index contributed by atoms with van der Waals surface area (Å²) in [5.74, 6) is 6.59. The van der Waals surface area contributed by atoms with E-state index in [1.54, 1.807) is 52.0 Å². The van der Waals surface area contributed by atoms with E-state index in [-0.39, 0.29) is 24.0 Å². The number of hydrogen-bond donors (Lipinski definition) is 0. The van der Waals surface area contributed by atoms with Crippen LogP contribution in [0, 0.1) is 0 Å². The van der Waals surface area contributed by atoms with E-state index in [1.165, 1.54) is 11.1 Å². The highest BCUT2D eigenvalue weighted by Crippen LogP contribution is 2.48. The molecule has 0 radical (unpaired) electrons. The maximum absolute atomic E-state index is 6.02. The van der Waals surface area contributed by atoms with E-state index < -0.39 is 0 Å². The molecule has 278 valence electrons. The summed E-state index contributed by atoms with van der Waals surface area (Å²) < 4.78 is 45.7. The second-order valence-electron chi connectivity index (χ2n) is 12.4. The van der Waals surface area contributed by atoms with Gasteiger partial charge in [-0.25, -0.2) is 10.0 Å². The molecule has 14 heteroatoms. The Balaban J connectivity index is 0.786. The van der Waals surface area contributed by atoms with E-state index >= 15 is 0 Å². The van der Waals surface area contributed by atoms with Gasteiger partial charge < -0.3 is 37.9 Å². The van der Waals surface area contributed by atoms with Gasteiger partial charge in [0.05, 0.1) is 28.4 Å². The molecule has 54 heavy (non-hydrogen) atoms. The van der Waals surface area contributed by atoms with Crippen LogP contribution in [0.25, 0.3) is 0 Å². The van der Waals surface area contributed by atoms with Gasteiger partial charge in [-0.15, -0.1) is 10.2 Å². The highest BCUT2D eigenvalue weighted by molar-refractivity contribution is 8.02. The first-order valence-corrected chi connectivity index (χ1v) is 19.1. The van der Waals surface area contributed by atoms with E-state index in [0.717, 1.165) is 35.5 Å². The maximum atomic E-state index is 6.02. The number of hydrogen-bond acceptors (Lipinski definition) is 14. The fourth-order valence-corrected chi connectivity index (χ4v) is 8.16. The monoisotopic (exact) mass is 766 g/mol. The molecule has 4 aliphatic rings. The Labute approximate surface area is 321 Å². The Morgan fingerprint density at radius 1 is 0.537 bits per heavy atom. The van der Waals surface area contributed by atoms with Crippen molar-refractivity contribution in [2.24, 2.45) is 10.2 Å². The van der Waals surface area contributed by atoms with Crippen molar-refractivity contribution in [2.45, 2.75) is 23.6 Å². The summed E-state index contributed by atoms with van der Waals surface area (Å²) in [7, 11) is 6.51. The number of rotatable bonds is 15. The second kappa shape index (κ2) is 15.8. The molecular weight excluding hydrogens is 729 g/mol. The van der Waals surface area contributed by atoms with Crippen molar-refractivity contribution in [3.05, 3.63) is 130 Å². The normalized spacial score (nSPS) is 18.1. The fraction of sp³-hybridized carbons (Fsp3) is 0.250. The predicted octanol–water partition coefficient (Wildman–Crippen LogP) is 8.04. The average molecular weight is 767 g/mol. The highest BCUT2D eigenvalue weighted by atomic mass is 32.2. The molecule has 2 atom stereocenters. The van der Waals surface area contributed by atoms with Gasteiger partial charge in [-0.2, -0.15) is 0 Å². The number of fused-ring (bicyclic) bond motifs is 2. The number of ether oxygens (including phenoxy) is 8. The molecule has 0 spiro atoms. The van der Waals surface area contributed by atoms with Crippen LogP contribution in [0.15, 0.2) is 118 Å². The molecule has 0 amide bonds. The SMILES string of the molecule is COc1ccc(C2SC=C3OC(COc4ccc(CCc5ccc(OCC6=NN7C(=CSC7c7ccc(OC)c(OC)c7)O6)cc5)cc4)=NN32)cc1OC. The summed E-state index contributed by atoms with van der Waals surface area (Å²) in [6.07, 6.45) is 1.78. The summed E-state index contributed by atoms with van der Waals surface area (Å²) >= 11 is 3.25. The van der Waals surface area contributed by atoms with Crippen molar-refractivity contribution >= 4 is 35.3 Å². The summed E-state index contributed by atoms with van der Waals surface area (Å²) in [6.45, 7) is 0.443. The lowest BCUT2D eigenvalue weighted by Gasteiger charge is -2.19. The lowest BCUT2D eigenvalue weighted by atomic mass is 10.0. The number of hydrazone groups is 2. The standard InChI is InChI=1S/C40H38N4O8S2/c1-45-31-17-11-27(19-33(31)47-3)39-43-37(23-53-39)51-35(41-43)21-49-29-13-7-25(8-14-29)5-6-26-9-15-30(16-10-26)50-22-36-42-44-38(52-36)24-54-40(44)28-12-18-32(46-2)34(20-28)48-4/h7-20,23-24,39-40H,5-6,21-22H2,1-4H3. The Morgan fingerprint density at radius 2 is 0.944 bits per heavy atom. The van der Waals surface area contributed by atoms with E-state index in [4.69, 9.17) is 37.9 Å². The molecule has 4 aromatic rings. The molecule has 0 saturated carbocycles. The first kappa shape index (κ1) is 35.4. The van der Waals surface area contributed by atoms with E-state index in [9.17, 15) is 0 Å². The van der Waals surface area contributed by atoms with Crippen molar-refractivity contribution < 1.29 is 37.9 Å². The maximum Gasteiger partial charge on any atom is 0.252 e. The quantitative estimate of drug-likeness (QED) is 0.117. The lowest BCUT2D eigenvalue weighted by molar-refractivity contribution is 0.255. The van der Waals surface area contributed by atoms with Crippen LogP contribution in [0.3, 0.4) is 0 Å². The van der Waals surface area contributed by atoms with Gasteiger partial charge in [-0.3, -0.25) is 0 Å². The summed E-state index contributed by atoms with van der Waals surface area (Å²) in [5, 5.41) is 16.9. The molecule has 0 aromatic heterocycles. The topological polar surface area (TPSA) is 105 Å². The minimum atomic E-state index is -0.0661. The molecule has 4 aromatic carbocycles. The zero-order chi connectivity index (χ0) is 37.0. The van der Waals surface area contributed by atoms with Gasteiger partial charge >= 0.3 is 0 Å². The van der Waals surface area contributed by atoms with E-state index in [1.807, 2.05) is 81.5 Å². The van der Waals surface area contributed by atoms with Gasteiger partial charge in [-0.1, -0.05) is 59.9 Å². The van der Waals surface area contributed by atoms with Crippen LogP contribution in [0.1, 0.15) is 33.0 Å². The van der Waals surface area contributed by atoms with Crippen LogP contribution in [0.2, 0.25) is 0 Å². The molecule has 12 nitrogen and oxygen atoms in total. The van der Waals surface area contributed by atoms with Crippen molar-refractivity contribution in [1.82, 2.24) is 10.0 Å². The van der Waals surface area contributed by atoms with Gasteiger partial charge in [0, 0.05) is 10.8 Å². The zero-order valence-electron chi connectivity index (χ0n) is 30.1. The van der Waals surface area contributed by atoms with Crippen LogP contribution in [0.4, 0.5) is 0 Å². The van der Waals surface area contributed by atoms with Crippen LogP contribution in [0.5, 0.6) is 34.5 Å². The molecular formula is C40H38N4O8S2. The van der Waals surface area contributed by atoms with Crippen molar-refractivity contribution in [1.29, 1.82) is 0 Å². The van der Waals surface area contributed by atoms with Gasteiger partial charge in [-0.05, 0) is 83.6 Å². The third-order valence-corrected chi connectivity index (χ3v) is 11.2. The Morgan fingerprint density at radius 3 is 1.33 bits per heavy atom. The van der Waals surface area contributed by atoms with Gasteiger partial charge in [0.25, 0.3) is 11.8 Å². The molecule has 0 aliphatic carbocycles. The van der Waals surface area contributed by atoms with E-state index in [2.05, 4.69) is 34.5 Å². The molecule has 4 heterocycles. The summed E-state index contributed by atoms with van der Waals surface area (Å²) in [5.41, 5.74) is 4.49. The number of thioether (sulfide) groups is 2. The summed E-state index contributed by atoms with van der Waals surface area (Å²) in [4.78, 5) is 0. The Hall–Kier alpha value is -5.60. The largest absolute Gasteiger partial charge is 0.493 e. The highest BCUT2D eigenvalue weighted by Gasteiger charge is 2.37. The second-order valence-corrected chi connectivity index (χ2v) is 14.3. The third-order valence-electron chi connectivity index (χ3n) is 9.03. The molecule has 0 bridgehead atoms. The third kappa shape index (κ3) is 7.44. The number of methoxy groups -OCH3 is 4.